The first-order chi connectivity index (χ1) is 15.5. The van der Waals surface area contributed by atoms with E-state index in [1.54, 1.807) is 12.3 Å². The number of pyridine rings is 1. The minimum absolute atomic E-state index is 0.0339. The van der Waals surface area contributed by atoms with Gasteiger partial charge in [-0.2, -0.15) is 0 Å². The quantitative estimate of drug-likeness (QED) is 0.625. The van der Waals surface area contributed by atoms with Gasteiger partial charge in [-0.1, -0.05) is 0 Å². The van der Waals surface area contributed by atoms with Crippen LogP contribution < -0.4 is 4.74 Å². The lowest BCUT2D eigenvalue weighted by molar-refractivity contribution is -0.0813. The van der Waals surface area contributed by atoms with Gasteiger partial charge < -0.3 is 19.1 Å². The molecule has 1 aliphatic carbocycles. The number of rotatable bonds is 5. The molecule has 3 fully saturated rings. The predicted octanol–water partition coefficient (Wildman–Crippen LogP) is 4.12. The average molecular weight is 481 g/mol. The van der Waals surface area contributed by atoms with Gasteiger partial charge in [0.05, 0.1) is 29.4 Å². The van der Waals surface area contributed by atoms with Crippen LogP contribution in [0, 0.1) is 0 Å². The van der Waals surface area contributed by atoms with Crippen molar-refractivity contribution in [2.75, 3.05) is 6.26 Å². The number of aromatic nitrogens is 1. The minimum Gasteiger partial charge on any atom is -0.489 e. The molecule has 8 nitrogen and oxygen atoms in total. The van der Waals surface area contributed by atoms with Crippen molar-refractivity contribution in [1.29, 1.82) is 0 Å². The summed E-state index contributed by atoms with van der Waals surface area (Å²) in [5.74, 6) is 0.494. The molecule has 3 heterocycles. The molecule has 4 rings (SSSR count). The zero-order valence-corrected chi connectivity index (χ0v) is 20.8. The molecule has 1 aromatic rings. The summed E-state index contributed by atoms with van der Waals surface area (Å²) in [7, 11) is -3.31. The Hall–Kier alpha value is -1.87. The van der Waals surface area contributed by atoms with E-state index in [2.05, 4.69) is 4.98 Å². The summed E-state index contributed by atoms with van der Waals surface area (Å²) in [6, 6.07) is 1.95. The lowest BCUT2D eigenvalue weighted by Crippen LogP contribution is -2.50. The van der Waals surface area contributed by atoms with E-state index in [9.17, 15) is 13.2 Å². The fourth-order valence-electron chi connectivity index (χ4n) is 5.27. The Kier molecular flexibility index (Phi) is 6.92. The summed E-state index contributed by atoms with van der Waals surface area (Å²) < 4.78 is 41.6. The lowest BCUT2D eigenvalue weighted by atomic mass is 9.93. The summed E-state index contributed by atoms with van der Waals surface area (Å²) in [4.78, 5) is 18.8. The molecule has 9 heteroatoms. The average Bonchev–Trinajstić information content (AvgIpc) is 2.99. The van der Waals surface area contributed by atoms with Crippen molar-refractivity contribution in [3.05, 3.63) is 18.5 Å². The summed E-state index contributed by atoms with van der Waals surface area (Å²) in [5, 5.41) is 0. The lowest BCUT2D eigenvalue weighted by Gasteiger charge is -2.41. The van der Waals surface area contributed by atoms with Crippen LogP contribution in [0.1, 0.15) is 72.1 Å². The topological polar surface area (TPSA) is 95.0 Å². The van der Waals surface area contributed by atoms with Crippen LogP contribution in [0.2, 0.25) is 0 Å². The van der Waals surface area contributed by atoms with E-state index < -0.39 is 15.4 Å². The maximum atomic E-state index is 12.6. The highest BCUT2D eigenvalue weighted by atomic mass is 32.2. The van der Waals surface area contributed by atoms with Gasteiger partial charge in [-0.15, -0.1) is 0 Å². The summed E-state index contributed by atoms with van der Waals surface area (Å²) >= 11 is 0. The van der Waals surface area contributed by atoms with Crippen molar-refractivity contribution in [2.24, 2.45) is 0 Å². The molecule has 1 amide bonds. The fourth-order valence-corrected chi connectivity index (χ4v) is 5.85. The second-order valence-corrected chi connectivity index (χ2v) is 12.7. The van der Waals surface area contributed by atoms with Crippen LogP contribution in [-0.4, -0.2) is 66.6 Å². The van der Waals surface area contributed by atoms with Crippen LogP contribution >= 0.6 is 0 Å². The van der Waals surface area contributed by atoms with Crippen LogP contribution in [0.4, 0.5) is 4.79 Å². The van der Waals surface area contributed by atoms with Gasteiger partial charge in [0, 0.05) is 30.6 Å². The Balaban J connectivity index is 1.25. The third-order valence-corrected chi connectivity index (χ3v) is 7.80. The zero-order chi connectivity index (χ0) is 23.8. The molecule has 184 valence electrons. The zero-order valence-electron chi connectivity index (χ0n) is 20.0. The first-order valence-corrected chi connectivity index (χ1v) is 13.9. The van der Waals surface area contributed by atoms with E-state index >= 15 is 0 Å². The smallest absolute Gasteiger partial charge is 0.410 e. The second-order valence-electron chi connectivity index (χ2n) is 10.6. The Bertz CT molecular complexity index is 938. The standard InChI is InChI=1S/C24H36N2O6S/c1-24(2,3)32-23(27)26-16-5-6-17(26)12-20(11-16)30-18-7-9-19(10-8-18)31-21-13-22(15-25-14-21)33(4,28)29/h13-20H,5-12H2,1-4H3. The van der Waals surface area contributed by atoms with Gasteiger partial charge >= 0.3 is 6.09 Å². The van der Waals surface area contributed by atoms with Crippen molar-refractivity contribution < 1.29 is 27.4 Å². The molecule has 2 aliphatic heterocycles. The monoisotopic (exact) mass is 480 g/mol. The number of sulfone groups is 1. The van der Waals surface area contributed by atoms with Crippen molar-refractivity contribution in [2.45, 2.75) is 113 Å². The van der Waals surface area contributed by atoms with Gasteiger partial charge in [-0.3, -0.25) is 4.98 Å². The molecule has 1 saturated carbocycles. The number of piperidine rings is 1. The van der Waals surface area contributed by atoms with Crippen LogP contribution in [0.3, 0.4) is 0 Å². The molecule has 0 radical (unpaired) electrons. The highest BCUT2D eigenvalue weighted by molar-refractivity contribution is 7.90. The Morgan fingerprint density at radius 1 is 0.970 bits per heavy atom. The number of carbonyl (C=O) groups is 1. The van der Waals surface area contributed by atoms with Gasteiger partial charge in [-0.25, -0.2) is 13.2 Å². The maximum absolute atomic E-state index is 12.6. The fraction of sp³-hybridized carbons (Fsp3) is 0.750. The van der Waals surface area contributed by atoms with E-state index in [0.717, 1.165) is 51.4 Å². The number of hydrogen-bond acceptors (Lipinski definition) is 7. The molecule has 2 atom stereocenters. The van der Waals surface area contributed by atoms with E-state index in [0.29, 0.717) is 5.75 Å². The number of ether oxygens (including phenoxy) is 3. The van der Waals surface area contributed by atoms with Crippen molar-refractivity contribution >= 4 is 15.9 Å². The largest absolute Gasteiger partial charge is 0.489 e. The summed E-state index contributed by atoms with van der Waals surface area (Å²) in [5.41, 5.74) is -0.479. The van der Waals surface area contributed by atoms with Gasteiger partial charge in [0.15, 0.2) is 9.84 Å². The van der Waals surface area contributed by atoms with E-state index in [4.69, 9.17) is 14.2 Å². The number of fused-ring (bicyclic) bond motifs is 2. The molecule has 33 heavy (non-hydrogen) atoms. The van der Waals surface area contributed by atoms with E-state index in [-0.39, 0.29) is 41.4 Å². The van der Waals surface area contributed by atoms with Crippen molar-refractivity contribution in [1.82, 2.24) is 9.88 Å². The third-order valence-electron chi connectivity index (χ3n) is 6.72. The van der Waals surface area contributed by atoms with Crippen LogP contribution in [0.15, 0.2) is 23.4 Å². The number of nitrogens with zero attached hydrogens (tertiary/aromatic N) is 2. The SMILES string of the molecule is CC(C)(C)OC(=O)N1C2CCC1CC(OC1CCC(Oc3cncc(S(C)(=O)=O)c3)CC1)C2. The highest BCUT2D eigenvalue weighted by Gasteiger charge is 2.45. The Morgan fingerprint density at radius 2 is 1.58 bits per heavy atom. The van der Waals surface area contributed by atoms with Crippen LogP contribution in [0.25, 0.3) is 0 Å². The van der Waals surface area contributed by atoms with E-state index in [1.807, 2.05) is 25.7 Å². The summed E-state index contributed by atoms with van der Waals surface area (Å²) in [6.07, 6.45) is 11.6. The maximum Gasteiger partial charge on any atom is 0.410 e. The third kappa shape index (κ3) is 6.18. The Morgan fingerprint density at radius 3 is 2.15 bits per heavy atom. The van der Waals surface area contributed by atoms with Gasteiger partial charge in [0.2, 0.25) is 0 Å². The molecular weight excluding hydrogens is 444 g/mol. The first-order valence-electron chi connectivity index (χ1n) is 12.0. The minimum atomic E-state index is -3.31. The molecule has 1 aromatic heterocycles. The van der Waals surface area contributed by atoms with Crippen molar-refractivity contribution in [3.8, 4) is 5.75 Å². The highest BCUT2D eigenvalue weighted by Crippen LogP contribution is 2.39. The summed E-state index contributed by atoms with van der Waals surface area (Å²) in [6.45, 7) is 5.71. The number of carbonyl (C=O) groups excluding carboxylic acids is 1. The molecule has 0 spiro atoms. The van der Waals surface area contributed by atoms with Crippen molar-refractivity contribution in [3.63, 3.8) is 0 Å². The predicted molar refractivity (Wildman–Crippen MR) is 123 cm³/mol. The molecule has 2 bridgehead atoms. The Labute approximate surface area is 196 Å². The first kappa shape index (κ1) is 24.3. The number of amides is 1. The van der Waals surface area contributed by atoms with Gasteiger partial charge in [0.1, 0.15) is 11.4 Å². The van der Waals surface area contributed by atoms with E-state index in [1.165, 1.54) is 12.5 Å². The molecule has 2 unspecified atom stereocenters. The molecule has 0 aromatic carbocycles. The van der Waals surface area contributed by atoms with Crippen LogP contribution in [-0.2, 0) is 19.3 Å². The number of hydrogen-bond donors (Lipinski definition) is 0. The normalized spacial score (nSPS) is 30.2. The van der Waals surface area contributed by atoms with Crippen LogP contribution in [0.5, 0.6) is 5.75 Å². The molecule has 3 aliphatic rings. The molecule has 2 saturated heterocycles. The van der Waals surface area contributed by atoms with Gasteiger partial charge in [0.25, 0.3) is 0 Å². The second kappa shape index (κ2) is 9.41. The molecule has 0 N–H and O–H groups in total. The van der Waals surface area contributed by atoms with Gasteiger partial charge in [-0.05, 0) is 72.1 Å². The molecular formula is C24H36N2O6S.